The number of nitrogens with two attached hydrogens (primary N) is 1. The molecule has 0 radical (unpaired) electrons. The molecule has 3 rings (SSSR count). The number of anilines is 1. The van der Waals surface area contributed by atoms with E-state index in [-0.39, 0.29) is 11.5 Å². The summed E-state index contributed by atoms with van der Waals surface area (Å²) in [4.78, 5) is 21.5. The van der Waals surface area contributed by atoms with Crippen LogP contribution in [-0.4, -0.2) is 21.5 Å². The van der Waals surface area contributed by atoms with E-state index in [2.05, 4.69) is 44.5 Å². The van der Waals surface area contributed by atoms with Gasteiger partial charge in [0.2, 0.25) is 5.95 Å². The topological polar surface area (TPSA) is 99.6 Å². The van der Waals surface area contributed by atoms with Crippen LogP contribution < -0.4 is 16.6 Å². The van der Waals surface area contributed by atoms with E-state index in [0.717, 1.165) is 24.9 Å². The first kappa shape index (κ1) is 14.3. The number of aromatic nitrogens is 3. The van der Waals surface area contributed by atoms with Crippen LogP contribution in [0.3, 0.4) is 0 Å². The molecule has 0 saturated heterocycles. The molecule has 0 aliphatic heterocycles. The number of nitrogens with one attached hydrogen (secondary N) is 3. The minimum Gasteiger partial charge on any atom is -0.369 e. The molecule has 0 atom stereocenters. The summed E-state index contributed by atoms with van der Waals surface area (Å²) < 4.78 is 0. The summed E-state index contributed by atoms with van der Waals surface area (Å²) in [5.74, 6) is 0.127. The van der Waals surface area contributed by atoms with Crippen LogP contribution in [0.2, 0.25) is 0 Å². The lowest BCUT2D eigenvalue weighted by Gasteiger charge is -2.04. The van der Waals surface area contributed by atoms with E-state index in [1.807, 2.05) is 6.07 Å². The molecule has 0 unspecified atom stereocenters. The molecule has 0 aliphatic rings. The van der Waals surface area contributed by atoms with Crippen molar-refractivity contribution in [1.82, 2.24) is 20.3 Å². The third-order valence-electron chi connectivity index (χ3n) is 3.62. The monoisotopic (exact) mass is 297 g/mol. The molecule has 0 saturated carbocycles. The number of fused-ring (bicyclic) bond motifs is 1. The van der Waals surface area contributed by atoms with Crippen molar-refractivity contribution in [1.29, 1.82) is 0 Å². The number of H-pyrrole nitrogens is 2. The smallest absolute Gasteiger partial charge is 0.262 e. The van der Waals surface area contributed by atoms with Gasteiger partial charge in [-0.1, -0.05) is 30.3 Å². The van der Waals surface area contributed by atoms with Crippen LogP contribution >= 0.6 is 0 Å². The Morgan fingerprint density at radius 2 is 2.05 bits per heavy atom. The van der Waals surface area contributed by atoms with Gasteiger partial charge in [0.25, 0.3) is 5.56 Å². The Balaban J connectivity index is 1.55. The number of hydrogen-bond donors (Lipinski definition) is 4. The third kappa shape index (κ3) is 3.17. The quantitative estimate of drug-likeness (QED) is 0.519. The fourth-order valence-corrected chi connectivity index (χ4v) is 2.55. The maximum absolute atomic E-state index is 11.9. The Morgan fingerprint density at radius 1 is 1.23 bits per heavy atom. The summed E-state index contributed by atoms with van der Waals surface area (Å²) in [5.41, 5.74) is 8.10. The second-order valence-electron chi connectivity index (χ2n) is 5.25. The van der Waals surface area contributed by atoms with Crippen LogP contribution in [0.5, 0.6) is 0 Å². The number of aromatic amines is 2. The summed E-state index contributed by atoms with van der Waals surface area (Å²) in [6.07, 6.45) is 3.89. The summed E-state index contributed by atoms with van der Waals surface area (Å²) in [6, 6.07) is 10.4. The Hall–Kier alpha value is -2.60. The highest BCUT2D eigenvalue weighted by Gasteiger charge is 2.09. The largest absolute Gasteiger partial charge is 0.369 e. The fraction of sp³-hybridized carbons (Fsp3) is 0.250. The van der Waals surface area contributed by atoms with E-state index in [1.54, 1.807) is 6.20 Å². The first-order valence-electron chi connectivity index (χ1n) is 7.34. The standard InChI is InChI=1S/C16H19N5O/c17-16-20-14-13(15(22)21-16)12(10-19-14)9-18-8-4-7-11-5-2-1-3-6-11/h1-3,5-6,10,18H,4,7-9H2,(H4,17,19,20,21,22). The predicted octanol–water partition coefficient (Wildman–Crippen LogP) is 1.56. The summed E-state index contributed by atoms with van der Waals surface area (Å²) >= 11 is 0. The van der Waals surface area contributed by atoms with E-state index in [0.29, 0.717) is 17.6 Å². The Kier molecular flexibility index (Phi) is 4.20. The average Bonchev–Trinajstić information content (AvgIpc) is 2.91. The van der Waals surface area contributed by atoms with Gasteiger partial charge in [-0.05, 0) is 30.5 Å². The Bertz CT molecular complexity index is 806. The number of hydrogen-bond acceptors (Lipinski definition) is 4. The van der Waals surface area contributed by atoms with Gasteiger partial charge < -0.3 is 16.0 Å². The van der Waals surface area contributed by atoms with Gasteiger partial charge in [-0.2, -0.15) is 4.98 Å². The van der Waals surface area contributed by atoms with Crippen LogP contribution in [0.1, 0.15) is 17.5 Å². The molecule has 22 heavy (non-hydrogen) atoms. The zero-order valence-corrected chi connectivity index (χ0v) is 12.2. The molecule has 0 bridgehead atoms. The van der Waals surface area contributed by atoms with Gasteiger partial charge in [0.05, 0.1) is 5.39 Å². The number of rotatable bonds is 6. The van der Waals surface area contributed by atoms with Gasteiger partial charge in [-0.25, -0.2) is 0 Å². The molecule has 6 nitrogen and oxygen atoms in total. The molecular weight excluding hydrogens is 278 g/mol. The first-order valence-corrected chi connectivity index (χ1v) is 7.34. The number of aryl methyl sites for hydroxylation is 1. The van der Waals surface area contributed by atoms with Crippen molar-refractivity contribution in [2.45, 2.75) is 19.4 Å². The third-order valence-corrected chi connectivity index (χ3v) is 3.62. The lowest BCUT2D eigenvalue weighted by atomic mass is 10.1. The summed E-state index contributed by atoms with van der Waals surface area (Å²) in [6.45, 7) is 1.52. The molecule has 0 amide bonds. The lowest BCUT2D eigenvalue weighted by Crippen LogP contribution is -2.17. The zero-order valence-electron chi connectivity index (χ0n) is 12.2. The van der Waals surface area contributed by atoms with Crippen molar-refractivity contribution >= 4 is 17.0 Å². The maximum Gasteiger partial charge on any atom is 0.262 e. The second-order valence-corrected chi connectivity index (χ2v) is 5.25. The molecule has 5 N–H and O–H groups in total. The van der Waals surface area contributed by atoms with Gasteiger partial charge in [0.15, 0.2) is 0 Å². The zero-order chi connectivity index (χ0) is 15.4. The molecule has 114 valence electrons. The minimum atomic E-state index is -0.204. The predicted molar refractivity (Wildman–Crippen MR) is 87.6 cm³/mol. The van der Waals surface area contributed by atoms with E-state index in [1.165, 1.54) is 5.56 Å². The Morgan fingerprint density at radius 3 is 2.86 bits per heavy atom. The van der Waals surface area contributed by atoms with E-state index >= 15 is 0 Å². The van der Waals surface area contributed by atoms with Crippen LogP contribution in [0.15, 0.2) is 41.3 Å². The van der Waals surface area contributed by atoms with Crippen molar-refractivity contribution in [3.05, 3.63) is 58.0 Å². The van der Waals surface area contributed by atoms with Gasteiger partial charge in [0.1, 0.15) is 5.65 Å². The van der Waals surface area contributed by atoms with Crippen molar-refractivity contribution < 1.29 is 0 Å². The molecule has 0 spiro atoms. The number of nitrogen functional groups attached to an aromatic ring is 1. The molecule has 0 aliphatic carbocycles. The van der Waals surface area contributed by atoms with Gasteiger partial charge in [-0.3, -0.25) is 9.78 Å². The van der Waals surface area contributed by atoms with Crippen molar-refractivity contribution in [2.24, 2.45) is 0 Å². The molecule has 0 fully saturated rings. The average molecular weight is 297 g/mol. The first-order chi connectivity index (χ1) is 10.7. The van der Waals surface area contributed by atoms with Gasteiger partial charge >= 0.3 is 0 Å². The molecule has 2 heterocycles. The lowest BCUT2D eigenvalue weighted by molar-refractivity contribution is 0.651. The Labute approximate surface area is 127 Å². The maximum atomic E-state index is 11.9. The molecular formula is C16H19N5O. The van der Waals surface area contributed by atoms with E-state index in [4.69, 9.17) is 5.73 Å². The summed E-state index contributed by atoms with van der Waals surface area (Å²) in [7, 11) is 0. The minimum absolute atomic E-state index is 0.127. The van der Waals surface area contributed by atoms with Crippen molar-refractivity contribution in [3.63, 3.8) is 0 Å². The SMILES string of the molecule is Nc1nc2[nH]cc(CNCCCc3ccccc3)c2c(=O)[nH]1. The van der Waals surface area contributed by atoms with Gasteiger partial charge in [0, 0.05) is 12.7 Å². The normalized spacial score (nSPS) is 11.1. The van der Waals surface area contributed by atoms with Crippen LogP contribution in [0.4, 0.5) is 5.95 Å². The second kappa shape index (κ2) is 6.44. The van der Waals surface area contributed by atoms with Crippen LogP contribution in [-0.2, 0) is 13.0 Å². The van der Waals surface area contributed by atoms with E-state index in [9.17, 15) is 4.79 Å². The van der Waals surface area contributed by atoms with Crippen molar-refractivity contribution in [2.75, 3.05) is 12.3 Å². The van der Waals surface area contributed by atoms with Crippen LogP contribution in [0.25, 0.3) is 11.0 Å². The van der Waals surface area contributed by atoms with Gasteiger partial charge in [-0.15, -0.1) is 0 Å². The highest BCUT2D eigenvalue weighted by Crippen LogP contribution is 2.12. The molecule has 3 aromatic rings. The highest BCUT2D eigenvalue weighted by molar-refractivity contribution is 5.79. The molecule has 1 aromatic carbocycles. The molecule has 6 heteroatoms. The molecule has 2 aromatic heterocycles. The van der Waals surface area contributed by atoms with Crippen molar-refractivity contribution in [3.8, 4) is 0 Å². The number of nitrogens with zero attached hydrogens (tertiary/aromatic N) is 1. The highest BCUT2D eigenvalue weighted by atomic mass is 16.1. The van der Waals surface area contributed by atoms with E-state index < -0.39 is 0 Å². The number of benzene rings is 1. The van der Waals surface area contributed by atoms with Crippen LogP contribution in [0, 0.1) is 0 Å². The summed E-state index contributed by atoms with van der Waals surface area (Å²) in [5, 5.41) is 3.93. The fourth-order valence-electron chi connectivity index (χ4n) is 2.55.